The average Bonchev–Trinajstić information content (AvgIpc) is 2.99. The summed E-state index contributed by atoms with van der Waals surface area (Å²) in [6.45, 7) is 5.02. The summed E-state index contributed by atoms with van der Waals surface area (Å²) in [5.41, 5.74) is 5.48. The molecule has 0 aromatic rings. The normalized spacial score (nSPS) is 22.9. The Morgan fingerprint density at radius 1 is 1.64 bits per heavy atom. The SMILES string of the molecule is CCC(C)N(C)CC(N)(C#N)C1CC1. The van der Waals surface area contributed by atoms with Crippen LogP contribution in [0.5, 0.6) is 0 Å². The first-order valence-corrected chi connectivity index (χ1v) is 5.44. The van der Waals surface area contributed by atoms with E-state index >= 15 is 0 Å². The van der Waals surface area contributed by atoms with Crippen molar-refractivity contribution < 1.29 is 0 Å². The van der Waals surface area contributed by atoms with E-state index in [0.29, 0.717) is 18.5 Å². The zero-order valence-corrected chi connectivity index (χ0v) is 9.45. The van der Waals surface area contributed by atoms with Crippen molar-refractivity contribution in [1.82, 2.24) is 4.90 Å². The maximum absolute atomic E-state index is 9.10. The van der Waals surface area contributed by atoms with E-state index < -0.39 is 5.54 Å². The number of nitrogens with two attached hydrogens (primary N) is 1. The fourth-order valence-electron chi connectivity index (χ4n) is 1.73. The van der Waals surface area contributed by atoms with Gasteiger partial charge in [-0.1, -0.05) is 6.92 Å². The topological polar surface area (TPSA) is 53.0 Å². The Hall–Kier alpha value is -0.590. The Kier molecular flexibility index (Phi) is 3.52. The first-order valence-electron chi connectivity index (χ1n) is 5.44. The number of rotatable bonds is 5. The summed E-state index contributed by atoms with van der Waals surface area (Å²) >= 11 is 0. The molecule has 0 saturated heterocycles. The Balaban J connectivity index is 2.52. The Morgan fingerprint density at radius 2 is 2.21 bits per heavy atom. The lowest BCUT2D eigenvalue weighted by Gasteiger charge is -2.31. The highest BCUT2D eigenvalue weighted by atomic mass is 15.1. The molecule has 2 N–H and O–H groups in total. The Morgan fingerprint density at radius 3 is 2.57 bits per heavy atom. The van der Waals surface area contributed by atoms with Gasteiger partial charge in [0.25, 0.3) is 0 Å². The fraction of sp³-hybridized carbons (Fsp3) is 0.909. The summed E-state index contributed by atoms with van der Waals surface area (Å²) in [6.07, 6.45) is 3.35. The summed E-state index contributed by atoms with van der Waals surface area (Å²) in [6, 6.07) is 2.79. The van der Waals surface area contributed by atoms with E-state index in [-0.39, 0.29) is 0 Å². The van der Waals surface area contributed by atoms with Gasteiger partial charge in [-0.2, -0.15) is 5.26 Å². The first kappa shape index (κ1) is 11.5. The number of hydrogen-bond donors (Lipinski definition) is 1. The second-order valence-electron chi connectivity index (χ2n) is 4.60. The van der Waals surface area contributed by atoms with E-state index in [1.54, 1.807) is 0 Å². The van der Waals surface area contributed by atoms with Gasteiger partial charge in [-0.05, 0) is 39.2 Å². The molecule has 0 spiro atoms. The number of nitriles is 1. The van der Waals surface area contributed by atoms with Gasteiger partial charge in [0.15, 0.2) is 0 Å². The monoisotopic (exact) mass is 195 g/mol. The largest absolute Gasteiger partial charge is 0.312 e. The third-order valence-corrected chi connectivity index (χ3v) is 3.37. The van der Waals surface area contributed by atoms with Crippen LogP contribution in [-0.2, 0) is 0 Å². The quantitative estimate of drug-likeness (QED) is 0.720. The van der Waals surface area contributed by atoms with Crippen LogP contribution in [0.2, 0.25) is 0 Å². The highest BCUT2D eigenvalue weighted by molar-refractivity contribution is 5.14. The molecule has 0 heterocycles. The Labute approximate surface area is 86.9 Å². The lowest BCUT2D eigenvalue weighted by Crippen LogP contribution is -2.51. The average molecular weight is 195 g/mol. The van der Waals surface area contributed by atoms with Gasteiger partial charge < -0.3 is 10.6 Å². The van der Waals surface area contributed by atoms with E-state index in [2.05, 4.69) is 31.9 Å². The van der Waals surface area contributed by atoms with Gasteiger partial charge in [-0.25, -0.2) is 0 Å². The fourth-order valence-corrected chi connectivity index (χ4v) is 1.73. The van der Waals surface area contributed by atoms with Crippen molar-refractivity contribution >= 4 is 0 Å². The maximum atomic E-state index is 9.10. The molecule has 1 saturated carbocycles. The standard InChI is InChI=1S/C11H21N3/c1-4-9(2)14(3)8-11(13,7-12)10-5-6-10/h9-10H,4-6,8,13H2,1-3H3. The molecule has 0 amide bonds. The Bertz CT molecular complexity index is 229. The molecule has 1 aliphatic carbocycles. The smallest absolute Gasteiger partial charge is 0.119 e. The molecule has 80 valence electrons. The van der Waals surface area contributed by atoms with Crippen LogP contribution in [0.4, 0.5) is 0 Å². The lowest BCUT2D eigenvalue weighted by atomic mass is 9.95. The lowest BCUT2D eigenvalue weighted by molar-refractivity contribution is 0.205. The molecular formula is C11H21N3. The van der Waals surface area contributed by atoms with E-state index in [1.165, 1.54) is 0 Å². The van der Waals surface area contributed by atoms with Crippen LogP contribution in [-0.4, -0.2) is 30.1 Å². The van der Waals surface area contributed by atoms with Gasteiger partial charge in [0.05, 0.1) is 6.07 Å². The van der Waals surface area contributed by atoms with Crippen molar-refractivity contribution in [3.05, 3.63) is 0 Å². The predicted octanol–water partition coefficient (Wildman–Crippen LogP) is 1.35. The van der Waals surface area contributed by atoms with Crippen LogP contribution in [0, 0.1) is 17.2 Å². The van der Waals surface area contributed by atoms with Crippen LogP contribution in [0.25, 0.3) is 0 Å². The van der Waals surface area contributed by atoms with Gasteiger partial charge in [0.1, 0.15) is 5.54 Å². The molecule has 1 fully saturated rings. The second kappa shape index (κ2) is 4.29. The van der Waals surface area contributed by atoms with Gasteiger partial charge in [0.2, 0.25) is 0 Å². The maximum Gasteiger partial charge on any atom is 0.119 e. The molecule has 3 nitrogen and oxygen atoms in total. The molecule has 0 aliphatic heterocycles. The minimum absolute atomic E-state index is 0.430. The minimum atomic E-state index is -0.613. The highest BCUT2D eigenvalue weighted by Crippen LogP contribution is 2.38. The van der Waals surface area contributed by atoms with Crippen LogP contribution in [0.1, 0.15) is 33.1 Å². The van der Waals surface area contributed by atoms with Crippen molar-refractivity contribution in [1.29, 1.82) is 5.26 Å². The molecule has 1 aliphatic rings. The van der Waals surface area contributed by atoms with Gasteiger partial charge in [0, 0.05) is 12.6 Å². The molecule has 3 heteroatoms. The molecule has 14 heavy (non-hydrogen) atoms. The van der Waals surface area contributed by atoms with Crippen molar-refractivity contribution in [2.24, 2.45) is 11.7 Å². The molecule has 0 aromatic carbocycles. The van der Waals surface area contributed by atoms with Crippen molar-refractivity contribution in [2.45, 2.75) is 44.7 Å². The summed E-state index contributed by atoms with van der Waals surface area (Å²) in [4.78, 5) is 2.20. The van der Waals surface area contributed by atoms with Crippen LogP contribution in [0.15, 0.2) is 0 Å². The highest BCUT2D eigenvalue weighted by Gasteiger charge is 2.43. The number of nitrogens with zero attached hydrogens (tertiary/aromatic N) is 2. The molecule has 2 unspecified atom stereocenters. The molecule has 0 radical (unpaired) electrons. The van der Waals surface area contributed by atoms with E-state index in [9.17, 15) is 0 Å². The summed E-state index contributed by atoms with van der Waals surface area (Å²) in [5.74, 6) is 0.430. The second-order valence-corrected chi connectivity index (χ2v) is 4.60. The van der Waals surface area contributed by atoms with E-state index in [4.69, 9.17) is 11.0 Å². The molecule has 2 atom stereocenters. The van der Waals surface area contributed by atoms with E-state index in [0.717, 1.165) is 19.3 Å². The first-order chi connectivity index (χ1) is 6.53. The van der Waals surface area contributed by atoms with Gasteiger partial charge in [-0.3, -0.25) is 0 Å². The van der Waals surface area contributed by atoms with Crippen molar-refractivity contribution in [3.63, 3.8) is 0 Å². The van der Waals surface area contributed by atoms with Crippen LogP contribution in [0.3, 0.4) is 0 Å². The van der Waals surface area contributed by atoms with Crippen molar-refractivity contribution in [2.75, 3.05) is 13.6 Å². The van der Waals surface area contributed by atoms with E-state index in [1.807, 2.05) is 0 Å². The minimum Gasteiger partial charge on any atom is -0.312 e. The van der Waals surface area contributed by atoms with Crippen LogP contribution < -0.4 is 5.73 Å². The van der Waals surface area contributed by atoms with Crippen molar-refractivity contribution in [3.8, 4) is 6.07 Å². The zero-order chi connectivity index (χ0) is 10.8. The molecular weight excluding hydrogens is 174 g/mol. The third kappa shape index (κ3) is 2.46. The third-order valence-electron chi connectivity index (χ3n) is 3.37. The summed E-state index contributed by atoms with van der Waals surface area (Å²) < 4.78 is 0. The van der Waals surface area contributed by atoms with Crippen LogP contribution >= 0.6 is 0 Å². The summed E-state index contributed by atoms with van der Waals surface area (Å²) in [5, 5.41) is 9.10. The van der Waals surface area contributed by atoms with Gasteiger partial charge >= 0.3 is 0 Å². The predicted molar refractivity (Wildman–Crippen MR) is 57.6 cm³/mol. The number of hydrogen-bond acceptors (Lipinski definition) is 3. The molecule has 0 bridgehead atoms. The number of likely N-dealkylation sites (N-methyl/N-ethyl adjacent to an activating group) is 1. The van der Waals surface area contributed by atoms with Gasteiger partial charge in [-0.15, -0.1) is 0 Å². The molecule has 1 rings (SSSR count). The summed E-state index contributed by atoms with van der Waals surface area (Å²) in [7, 11) is 2.05. The zero-order valence-electron chi connectivity index (χ0n) is 9.45. The molecule has 0 aromatic heterocycles.